The molecule has 0 unspecified atom stereocenters. The molecule has 0 saturated heterocycles. The molecular weight excluding hydrogens is 244 g/mol. The molecule has 0 amide bonds. The standard InChI is InChI=1S/C19H22O/c1-4-15-10-12-16(13-11-15)14-18(20)19(2,3)17-8-6-5-7-9-17/h5-13H,4,14H2,1-3H3. The van der Waals surface area contributed by atoms with E-state index in [9.17, 15) is 4.79 Å². The first kappa shape index (κ1) is 14.5. The van der Waals surface area contributed by atoms with Crippen molar-refractivity contribution in [1.29, 1.82) is 0 Å². The van der Waals surface area contributed by atoms with Crippen molar-refractivity contribution >= 4 is 5.78 Å². The van der Waals surface area contributed by atoms with E-state index in [0.717, 1.165) is 17.5 Å². The van der Waals surface area contributed by atoms with Gasteiger partial charge in [0.15, 0.2) is 0 Å². The lowest BCUT2D eigenvalue weighted by Gasteiger charge is -2.23. The van der Waals surface area contributed by atoms with Gasteiger partial charge in [0.1, 0.15) is 5.78 Å². The Morgan fingerprint density at radius 3 is 2.00 bits per heavy atom. The summed E-state index contributed by atoms with van der Waals surface area (Å²) in [5, 5.41) is 0. The largest absolute Gasteiger partial charge is 0.298 e. The average Bonchev–Trinajstić information content (AvgIpc) is 2.49. The van der Waals surface area contributed by atoms with Crippen LogP contribution in [0.25, 0.3) is 0 Å². The lowest BCUT2D eigenvalue weighted by Crippen LogP contribution is -2.30. The Kier molecular flexibility index (Phi) is 4.39. The molecule has 104 valence electrons. The maximum Gasteiger partial charge on any atom is 0.147 e. The predicted molar refractivity (Wildman–Crippen MR) is 84.0 cm³/mol. The van der Waals surface area contributed by atoms with Gasteiger partial charge in [-0.05, 0) is 37.0 Å². The van der Waals surface area contributed by atoms with Crippen LogP contribution in [0.15, 0.2) is 54.6 Å². The Balaban J connectivity index is 2.14. The molecule has 1 heteroatoms. The topological polar surface area (TPSA) is 17.1 Å². The number of carbonyl (C=O) groups excluding carboxylic acids is 1. The minimum absolute atomic E-state index is 0.257. The summed E-state index contributed by atoms with van der Waals surface area (Å²) in [5.41, 5.74) is 3.04. The summed E-state index contributed by atoms with van der Waals surface area (Å²) >= 11 is 0. The molecule has 0 aliphatic rings. The molecule has 2 rings (SSSR count). The SMILES string of the molecule is CCc1ccc(CC(=O)C(C)(C)c2ccccc2)cc1. The van der Waals surface area contributed by atoms with Crippen LogP contribution in [0, 0.1) is 0 Å². The average molecular weight is 266 g/mol. The van der Waals surface area contributed by atoms with E-state index >= 15 is 0 Å². The molecule has 0 spiro atoms. The fourth-order valence-corrected chi connectivity index (χ4v) is 2.31. The van der Waals surface area contributed by atoms with Crippen LogP contribution in [0.5, 0.6) is 0 Å². The number of hydrogen-bond acceptors (Lipinski definition) is 1. The minimum Gasteiger partial charge on any atom is -0.298 e. The van der Waals surface area contributed by atoms with Crippen LogP contribution in [0.2, 0.25) is 0 Å². The highest BCUT2D eigenvalue weighted by Gasteiger charge is 2.28. The minimum atomic E-state index is -0.440. The third-order valence-corrected chi connectivity index (χ3v) is 3.99. The fraction of sp³-hybridized carbons (Fsp3) is 0.316. The van der Waals surface area contributed by atoms with Crippen molar-refractivity contribution < 1.29 is 4.79 Å². The van der Waals surface area contributed by atoms with Crippen molar-refractivity contribution in [2.45, 2.75) is 39.0 Å². The maximum absolute atomic E-state index is 12.6. The number of benzene rings is 2. The van der Waals surface area contributed by atoms with Gasteiger partial charge in [0.05, 0.1) is 0 Å². The summed E-state index contributed by atoms with van der Waals surface area (Å²) < 4.78 is 0. The van der Waals surface area contributed by atoms with Gasteiger partial charge in [-0.2, -0.15) is 0 Å². The van der Waals surface area contributed by atoms with Crippen LogP contribution in [0.4, 0.5) is 0 Å². The van der Waals surface area contributed by atoms with Crippen LogP contribution < -0.4 is 0 Å². The maximum atomic E-state index is 12.6. The molecule has 1 nitrogen and oxygen atoms in total. The van der Waals surface area contributed by atoms with Crippen LogP contribution in [0.3, 0.4) is 0 Å². The van der Waals surface area contributed by atoms with Gasteiger partial charge in [0.25, 0.3) is 0 Å². The van der Waals surface area contributed by atoms with Crippen molar-refractivity contribution in [3.8, 4) is 0 Å². The molecule has 20 heavy (non-hydrogen) atoms. The molecule has 2 aromatic carbocycles. The van der Waals surface area contributed by atoms with E-state index in [4.69, 9.17) is 0 Å². The zero-order valence-electron chi connectivity index (χ0n) is 12.5. The van der Waals surface area contributed by atoms with E-state index in [1.54, 1.807) is 0 Å². The molecule has 0 N–H and O–H groups in total. The number of carbonyl (C=O) groups is 1. The first-order valence-electron chi connectivity index (χ1n) is 7.20. The number of aryl methyl sites for hydroxylation is 1. The third kappa shape index (κ3) is 3.16. The number of hydrogen-bond donors (Lipinski definition) is 0. The molecule has 0 atom stereocenters. The number of ketones is 1. The van der Waals surface area contributed by atoms with E-state index < -0.39 is 5.41 Å². The second-order valence-electron chi connectivity index (χ2n) is 5.76. The van der Waals surface area contributed by atoms with Crippen LogP contribution >= 0.6 is 0 Å². The van der Waals surface area contributed by atoms with Crippen LogP contribution in [-0.4, -0.2) is 5.78 Å². The highest BCUT2D eigenvalue weighted by molar-refractivity contribution is 5.91. The Hall–Kier alpha value is -1.89. The second kappa shape index (κ2) is 6.04. The lowest BCUT2D eigenvalue weighted by molar-refractivity contribution is -0.122. The summed E-state index contributed by atoms with van der Waals surface area (Å²) in [7, 11) is 0. The van der Waals surface area contributed by atoms with Crippen molar-refractivity contribution in [2.24, 2.45) is 0 Å². The van der Waals surface area contributed by atoms with E-state index in [1.165, 1.54) is 5.56 Å². The van der Waals surface area contributed by atoms with Crippen molar-refractivity contribution in [3.63, 3.8) is 0 Å². The van der Waals surface area contributed by atoms with Crippen molar-refractivity contribution in [3.05, 3.63) is 71.3 Å². The predicted octanol–water partition coefficient (Wildman–Crippen LogP) is 4.34. The fourth-order valence-electron chi connectivity index (χ4n) is 2.31. The van der Waals surface area contributed by atoms with Gasteiger partial charge in [0.2, 0.25) is 0 Å². The zero-order valence-corrected chi connectivity index (χ0v) is 12.5. The second-order valence-corrected chi connectivity index (χ2v) is 5.76. The smallest absolute Gasteiger partial charge is 0.147 e. The van der Waals surface area contributed by atoms with Crippen LogP contribution in [-0.2, 0) is 23.1 Å². The highest BCUT2D eigenvalue weighted by atomic mass is 16.1. The molecule has 0 bridgehead atoms. The summed E-state index contributed by atoms with van der Waals surface area (Å²) in [6.45, 7) is 6.15. The summed E-state index contributed by atoms with van der Waals surface area (Å²) in [4.78, 5) is 12.6. The van der Waals surface area contributed by atoms with Gasteiger partial charge in [-0.15, -0.1) is 0 Å². The van der Waals surface area contributed by atoms with Gasteiger partial charge in [-0.3, -0.25) is 4.79 Å². The quantitative estimate of drug-likeness (QED) is 0.787. The first-order valence-corrected chi connectivity index (χ1v) is 7.20. The Morgan fingerprint density at radius 2 is 1.45 bits per heavy atom. The summed E-state index contributed by atoms with van der Waals surface area (Å²) in [5.74, 6) is 0.257. The zero-order chi connectivity index (χ0) is 14.6. The Bertz CT molecular complexity index is 564. The Labute approximate surface area is 121 Å². The van der Waals surface area contributed by atoms with Crippen molar-refractivity contribution in [1.82, 2.24) is 0 Å². The number of Topliss-reactive ketones (excluding diaryl/α,β-unsaturated/α-hetero) is 1. The van der Waals surface area contributed by atoms with Crippen molar-refractivity contribution in [2.75, 3.05) is 0 Å². The van der Waals surface area contributed by atoms with Crippen LogP contribution in [0.1, 0.15) is 37.5 Å². The molecule has 0 radical (unpaired) electrons. The molecule has 2 aromatic rings. The summed E-state index contributed by atoms with van der Waals surface area (Å²) in [6, 6.07) is 18.4. The van der Waals surface area contributed by atoms with E-state index in [-0.39, 0.29) is 5.78 Å². The molecule has 0 aliphatic heterocycles. The molecule has 0 heterocycles. The molecule has 0 aliphatic carbocycles. The normalized spacial score (nSPS) is 11.3. The Morgan fingerprint density at radius 1 is 0.900 bits per heavy atom. The molecular formula is C19H22O. The summed E-state index contributed by atoms with van der Waals surface area (Å²) in [6.07, 6.45) is 1.52. The van der Waals surface area contributed by atoms with Gasteiger partial charge in [-0.1, -0.05) is 61.5 Å². The van der Waals surface area contributed by atoms with Gasteiger partial charge in [-0.25, -0.2) is 0 Å². The monoisotopic (exact) mass is 266 g/mol. The van der Waals surface area contributed by atoms with E-state index in [0.29, 0.717) is 6.42 Å². The third-order valence-electron chi connectivity index (χ3n) is 3.99. The van der Waals surface area contributed by atoms with Gasteiger partial charge < -0.3 is 0 Å². The first-order chi connectivity index (χ1) is 9.54. The molecule has 0 aromatic heterocycles. The lowest BCUT2D eigenvalue weighted by atomic mass is 9.78. The molecule has 0 fully saturated rings. The van der Waals surface area contributed by atoms with E-state index in [1.807, 2.05) is 44.2 Å². The van der Waals surface area contributed by atoms with Gasteiger partial charge in [0, 0.05) is 11.8 Å². The van der Waals surface area contributed by atoms with Gasteiger partial charge >= 0.3 is 0 Å². The molecule has 0 saturated carbocycles. The van der Waals surface area contributed by atoms with E-state index in [2.05, 4.69) is 31.2 Å². The number of rotatable bonds is 5. The highest BCUT2D eigenvalue weighted by Crippen LogP contribution is 2.25.